The molecule has 90 valence electrons. The summed E-state index contributed by atoms with van der Waals surface area (Å²) < 4.78 is 11.5. The van der Waals surface area contributed by atoms with E-state index in [0.29, 0.717) is 17.9 Å². The molecule has 0 spiro atoms. The van der Waals surface area contributed by atoms with Crippen molar-refractivity contribution in [2.45, 2.75) is 25.9 Å². The second-order valence-electron chi connectivity index (χ2n) is 4.29. The topological polar surface area (TPSA) is 38.7 Å². The summed E-state index contributed by atoms with van der Waals surface area (Å²) in [5, 5.41) is 9.83. The molecule has 0 aliphatic rings. The summed E-state index contributed by atoms with van der Waals surface area (Å²) in [7, 11) is 3.19. The zero-order chi connectivity index (χ0) is 12.3. The molecule has 3 nitrogen and oxygen atoms in total. The predicted molar refractivity (Wildman–Crippen MR) is 67.2 cm³/mol. The molecule has 0 heterocycles. The van der Waals surface area contributed by atoms with Gasteiger partial charge in [-0.05, 0) is 26.0 Å². The number of methoxy groups -OCH3 is 2. The van der Waals surface area contributed by atoms with Gasteiger partial charge in [-0.3, -0.25) is 0 Å². The van der Waals surface area contributed by atoms with Crippen LogP contribution in [-0.2, 0) is 6.42 Å². The lowest BCUT2D eigenvalue weighted by Crippen LogP contribution is -2.22. The number of rotatable bonds is 4. The lowest BCUT2D eigenvalue weighted by molar-refractivity contribution is 0.0801. The van der Waals surface area contributed by atoms with E-state index in [4.69, 9.17) is 9.47 Å². The van der Waals surface area contributed by atoms with E-state index >= 15 is 0 Å². The van der Waals surface area contributed by atoms with E-state index in [1.165, 1.54) is 0 Å². The highest BCUT2D eigenvalue weighted by Crippen LogP contribution is 2.36. The molecule has 0 fully saturated rings. The van der Waals surface area contributed by atoms with Gasteiger partial charge < -0.3 is 14.6 Å². The Hall–Kier alpha value is -0.740. The highest BCUT2D eigenvalue weighted by atomic mass is 79.9. The van der Waals surface area contributed by atoms with Crippen LogP contribution in [0.4, 0.5) is 0 Å². The molecule has 1 N–H and O–H groups in total. The van der Waals surface area contributed by atoms with Gasteiger partial charge in [0.1, 0.15) is 0 Å². The van der Waals surface area contributed by atoms with Crippen LogP contribution in [-0.4, -0.2) is 24.9 Å². The van der Waals surface area contributed by atoms with Crippen molar-refractivity contribution < 1.29 is 14.6 Å². The third-order valence-electron chi connectivity index (χ3n) is 2.14. The van der Waals surface area contributed by atoms with Gasteiger partial charge in [0.2, 0.25) is 0 Å². The standard InChI is InChI=1S/C12H17BrO3/c1-12(2,14)7-8-5-9(13)6-10(15-3)11(8)16-4/h5-6,14H,7H2,1-4H3. The second kappa shape index (κ2) is 5.06. The Morgan fingerprint density at radius 1 is 1.25 bits per heavy atom. The van der Waals surface area contributed by atoms with E-state index in [-0.39, 0.29) is 0 Å². The maximum atomic E-state index is 9.83. The average Bonchev–Trinajstić information content (AvgIpc) is 2.14. The molecular formula is C12H17BrO3. The van der Waals surface area contributed by atoms with Gasteiger partial charge in [-0.15, -0.1) is 0 Å². The van der Waals surface area contributed by atoms with Gasteiger partial charge in [0.05, 0.1) is 19.8 Å². The zero-order valence-corrected chi connectivity index (χ0v) is 11.6. The maximum absolute atomic E-state index is 9.83. The molecule has 0 saturated heterocycles. The van der Waals surface area contributed by atoms with Gasteiger partial charge in [-0.2, -0.15) is 0 Å². The number of aliphatic hydroxyl groups is 1. The molecule has 16 heavy (non-hydrogen) atoms. The van der Waals surface area contributed by atoms with Crippen molar-refractivity contribution in [1.29, 1.82) is 0 Å². The van der Waals surface area contributed by atoms with Crippen LogP contribution >= 0.6 is 15.9 Å². The third-order valence-corrected chi connectivity index (χ3v) is 2.60. The molecule has 1 rings (SSSR count). The summed E-state index contributed by atoms with van der Waals surface area (Å²) in [5.74, 6) is 1.34. The smallest absolute Gasteiger partial charge is 0.164 e. The van der Waals surface area contributed by atoms with E-state index in [1.54, 1.807) is 28.1 Å². The summed E-state index contributed by atoms with van der Waals surface area (Å²) in [5.41, 5.74) is 0.139. The molecule has 0 aliphatic carbocycles. The minimum Gasteiger partial charge on any atom is -0.493 e. The molecule has 0 aromatic heterocycles. The van der Waals surface area contributed by atoms with Crippen LogP contribution in [0.3, 0.4) is 0 Å². The van der Waals surface area contributed by atoms with Crippen molar-refractivity contribution >= 4 is 15.9 Å². The number of hydrogen-bond acceptors (Lipinski definition) is 3. The van der Waals surface area contributed by atoms with Gasteiger partial charge in [-0.25, -0.2) is 0 Å². The Morgan fingerprint density at radius 3 is 2.31 bits per heavy atom. The minimum atomic E-state index is -0.779. The van der Waals surface area contributed by atoms with Crippen molar-refractivity contribution in [3.05, 3.63) is 22.2 Å². The van der Waals surface area contributed by atoms with Crippen molar-refractivity contribution in [1.82, 2.24) is 0 Å². The fourth-order valence-corrected chi connectivity index (χ4v) is 2.09. The number of halogens is 1. The van der Waals surface area contributed by atoms with Crippen molar-refractivity contribution in [2.75, 3.05) is 14.2 Å². The van der Waals surface area contributed by atoms with Gasteiger partial charge in [0.25, 0.3) is 0 Å². The van der Waals surface area contributed by atoms with Crippen LogP contribution in [0, 0.1) is 0 Å². The first-order valence-corrected chi connectivity index (χ1v) is 5.79. The lowest BCUT2D eigenvalue weighted by atomic mass is 9.98. The van der Waals surface area contributed by atoms with Gasteiger partial charge in [0, 0.05) is 16.5 Å². The van der Waals surface area contributed by atoms with Crippen LogP contribution in [0.2, 0.25) is 0 Å². The summed E-state index contributed by atoms with van der Waals surface area (Å²) in [6.07, 6.45) is 0.506. The van der Waals surface area contributed by atoms with Crippen molar-refractivity contribution in [2.24, 2.45) is 0 Å². The SMILES string of the molecule is COc1cc(Br)cc(CC(C)(C)O)c1OC. The lowest BCUT2D eigenvalue weighted by Gasteiger charge is -2.20. The average molecular weight is 289 g/mol. The Balaban J connectivity index is 3.20. The Kier molecular flexibility index (Phi) is 4.21. The molecule has 4 heteroatoms. The molecule has 0 bridgehead atoms. The Labute approximate surface area is 105 Å². The Bertz CT molecular complexity index is 369. The molecule has 0 aliphatic heterocycles. The fourth-order valence-electron chi connectivity index (χ4n) is 1.60. The minimum absolute atomic E-state index is 0.506. The molecule has 0 unspecified atom stereocenters. The van der Waals surface area contributed by atoms with Crippen molar-refractivity contribution in [3.8, 4) is 11.5 Å². The highest BCUT2D eigenvalue weighted by molar-refractivity contribution is 9.10. The summed E-state index contributed by atoms with van der Waals surface area (Å²) in [4.78, 5) is 0. The molecule has 1 aromatic carbocycles. The number of benzene rings is 1. The van der Waals surface area contributed by atoms with Crippen molar-refractivity contribution in [3.63, 3.8) is 0 Å². The van der Waals surface area contributed by atoms with Crippen LogP contribution in [0.15, 0.2) is 16.6 Å². The fraction of sp³-hybridized carbons (Fsp3) is 0.500. The normalized spacial score (nSPS) is 11.4. The zero-order valence-electron chi connectivity index (χ0n) is 10.0. The first-order valence-electron chi connectivity index (χ1n) is 5.00. The van der Waals surface area contributed by atoms with Crippen LogP contribution in [0.5, 0.6) is 11.5 Å². The summed E-state index contributed by atoms with van der Waals surface area (Å²) in [6, 6.07) is 3.77. The van der Waals surface area contributed by atoms with E-state index in [2.05, 4.69) is 15.9 Å². The van der Waals surface area contributed by atoms with E-state index in [0.717, 1.165) is 10.0 Å². The molecule has 0 radical (unpaired) electrons. The van der Waals surface area contributed by atoms with Gasteiger partial charge in [-0.1, -0.05) is 15.9 Å². The largest absolute Gasteiger partial charge is 0.493 e. The van der Waals surface area contributed by atoms with E-state index in [9.17, 15) is 5.11 Å². The van der Waals surface area contributed by atoms with Crippen LogP contribution < -0.4 is 9.47 Å². The summed E-state index contributed by atoms with van der Waals surface area (Å²) in [6.45, 7) is 3.53. The molecular weight excluding hydrogens is 272 g/mol. The summed E-state index contributed by atoms with van der Waals surface area (Å²) >= 11 is 3.41. The number of ether oxygens (including phenoxy) is 2. The van der Waals surface area contributed by atoms with Gasteiger partial charge >= 0.3 is 0 Å². The Morgan fingerprint density at radius 2 is 1.88 bits per heavy atom. The molecule has 0 atom stereocenters. The van der Waals surface area contributed by atoms with Crippen LogP contribution in [0.1, 0.15) is 19.4 Å². The third kappa shape index (κ3) is 3.39. The predicted octanol–water partition coefficient (Wildman–Crippen LogP) is 2.78. The quantitative estimate of drug-likeness (QED) is 0.926. The monoisotopic (exact) mass is 288 g/mol. The van der Waals surface area contributed by atoms with E-state index in [1.807, 2.05) is 12.1 Å². The highest BCUT2D eigenvalue weighted by Gasteiger charge is 2.19. The van der Waals surface area contributed by atoms with Gasteiger partial charge in [0.15, 0.2) is 11.5 Å². The first-order chi connectivity index (χ1) is 7.37. The second-order valence-corrected chi connectivity index (χ2v) is 5.21. The first kappa shape index (κ1) is 13.3. The molecule has 0 amide bonds. The molecule has 0 saturated carbocycles. The number of hydrogen-bond donors (Lipinski definition) is 1. The van der Waals surface area contributed by atoms with E-state index < -0.39 is 5.60 Å². The maximum Gasteiger partial charge on any atom is 0.164 e. The molecule has 1 aromatic rings. The van der Waals surface area contributed by atoms with Crippen LogP contribution in [0.25, 0.3) is 0 Å².